The van der Waals surface area contributed by atoms with E-state index in [2.05, 4.69) is 25.9 Å². The van der Waals surface area contributed by atoms with Crippen molar-refractivity contribution in [3.8, 4) is 0 Å². The molecule has 0 amide bonds. The lowest BCUT2D eigenvalue weighted by Gasteiger charge is -2.10. The number of carbonyl (C=O) groups is 1. The van der Waals surface area contributed by atoms with Crippen LogP contribution < -0.4 is 5.73 Å². The summed E-state index contributed by atoms with van der Waals surface area (Å²) in [5.41, 5.74) is 7.47. The molecule has 8 heteroatoms. The van der Waals surface area contributed by atoms with Crippen LogP contribution in [0.5, 0.6) is 0 Å². The Kier molecular flexibility index (Phi) is 4.28. The minimum Gasteiger partial charge on any atom is -0.453 e. The first-order valence-electron chi connectivity index (χ1n) is 7.61. The fourth-order valence-electron chi connectivity index (χ4n) is 2.92. The van der Waals surface area contributed by atoms with Gasteiger partial charge in [0.25, 0.3) is 0 Å². The number of hydrogen-bond donors (Lipinski definition) is 1. The minimum atomic E-state index is -0.376. The number of nitrogen functional groups attached to an aromatic ring is 1. The lowest BCUT2D eigenvalue weighted by atomic mass is 9.97. The van der Waals surface area contributed by atoms with Crippen LogP contribution in [0.2, 0.25) is 0 Å². The van der Waals surface area contributed by atoms with Gasteiger partial charge in [0.1, 0.15) is 15.5 Å². The average molecular weight is 424 g/mol. The van der Waals surface area contributed by atoms with E-state index in [0.717, 1.165) is 26.8 Å². The molecular weight excluding hydrogens is 410 g/mol. The van der Waals surface area contributed by atoms with E-state index in [-0.39, 0.29) is 12.6 Å². The predicted molar refractivity (Wildman–Crippen MR) is 99.6 cm³/mol. The number of anilines is 1. The number of carbonyl (C=O) groups excluding carboxylic acids is 1. The maximum Gasteiger partial charge on any atom is 0.348 e. The molecule has 2 N–H and O–H groups in total. The molecule has 3 aromatic heterocycles. The summed E-state index contributed by atoms with van der Waals surface area (Å²) in [4.78, 5) is 23.7. The van der Waals surface area contributed by atoms with Crippen LogP contribution >= 0.6 is 38.6 Å². The molecule has 0 bridgehead atoms. The van der Waals surface area contributed by atoms with Crippen molar-refractivity contribution in [1.82, 2.24) is 9.97 Å². The minimum absolute atomic E-state index is 0.0249. The molecule has 1 aliphatic rings. The Labute approximate surface area is 155 Å². The quantitative estimate of drug-likeness (QED) is 0.633. The second-order valence-electron chi connectivity index (χ2n) is 5.60. The van der Waals surface area contributed by atoms with Crippen molar-refractivity contribution in [3.63, 3.8) is 0 Å². The van der Waals surface area contributed by atoms with Gasteiger partial charge in [0.15, 0.2) is 12.4 Å². The van der Waals surface area contributed by atoms with Crippen molar-refractivity contribution in [2.24, 2.45) is 0 Å². The van der Waals surface area contributed by atoms with Crippen molar-refractivity contribution >= 4 is 60.6 Å². The normalized spacial score (nSPS) is 13.9. The van der Waals surface area contributed by atoms with Crippen LogP contribution in [0.4, 0.5) is 5.82 Å². The molecule has 4 rings (SSSR count). The zero-order valence-corrected chi connectivity index (χ0v) is 15.9. The van der Waals surface area contributed by atoms with Crippen LogP contribution in [-0.2, 0) is 24.2 Å². The van der Waals surface area contributed by atoms with Crippen molar-refractivity contribution in [1.29, 1.82) is 0 Å². The Morgan fingerprint density at radius 2 is 2.08 bits per heavy atom. The first-order valence-corrected chi connectivity index (χ1v) is 10.0. The topological polar surface area (TPSA) is 78.1 Å². The van der Waals surface area contributed by atoms with Crippen molar-refractivity contribution in [3.05, 3.63) is 37.1 Å². The molecule has 5 nitrogen and oxygen atoms in total. The van der Waals surface area contributed by atoms with Gasteiger partial charge in [-0.15, -0.1) is 22.7 Å². The molecule has 1 aliphatic carbocycles. The molecule has 124 valence electrons. The number of aryl methyl sites for hydroxylation is 2. The summed E-state index contributed by atoms with van der Waals surface area (Å²) < 4.78 is 6.20. The van der Waals surface area contributed by atoms with Crippen LogP contribution in [0.1, 0.15) is 38.8 Å². The van der Waals surface area contributed by atoms with Crippen LogP contribution in [-0.4, -0.2) is 15.9 Å². The SMILES string of the molecule is Nc1nc(COC(=O)c2ccc(Br)s2)nc2sc3c(c12)CCCC3. The Hall–Kier alpha value is -1.51. The van der Waals surface area contributed by atoms with Gasteiger partial charge in [-0.05, 0) is 59.3 Å². The van der Waals surface area contributed by atoms with Gasteiger partial charge in [0.2, 0.25) is 0 Å². The van der Waals surface area contributed by atoms with Gasteiger partial charge in [-0.25, -0.2) is 14.8 Å². The maximum absolute atomic E-state index is 12.0. The number of hydrogen-bond acceptors (Lipinski definition) is 7. The van der Waals surface area contributed by atoms with Crippen LogP contribution in [0.3, 0.4) is 0 Å². The average Bonchev–Trinajstić information content (AvgIpc) is 3.16. The second kappa shape index (κ2) is 6.42. The molecule has 3 heterocycles. The first-order chi connectivity index (χ1) is 11.6. The number of nitrogens with two attached hydrogens (primary N) is 1. The van der Waals surface area contributed by atoms with E-state index in [0.29, 0.717) is 16.5 Å². The molecule has 0 aromatic carbocycles. The molecule has 0 spiro atoms. The molecule has 0 saturated heterocycles. The summed E-state index contributed by atoms with van der Waals surface area (Å²) in [5, 5.41) is 0.993. The third-order valence-corrected chi connectivity index (χ3v) is 6.79. The van der Waals surface area contributed by atoms with E-state index in [4.69, 9.17) is 10.5 Å². The summed E-state index contributed by atoms with van der Waals surface area (Å²) >= 11 is 6.35. The third-order valence-electron chi connectivity index (χ3n) is 4.00. The Bertz CT molecular complexity index is 935. The highest BCUT2D eigenvalue weighted by Gasteiger charge is 2.20. The Balaban J connectivity index is 1.57. The zero-order chi connectivity index (χ0) is 16.7. The monoisotopic (exact) mass is 423 g/mol. The third kappa shape index (κ3) is 2.94. The maximum atomic E-state index is 12.0. The number of fused-ring (bicyclic) bond motifs is 3. The van der Waals surface area contributed by atoms with Gasteiger partial charge < -0.3 is 10.5 Å². The van der Waals surface area contributed by atoms with E-state index in [9.17, 15) is 4.79 Å². The predicted octanol–water partition coefficient (Wildman–Crippen LogP) is 4.33. The molecule has 0 radical (unpaired) electrons. The summed E-state index contributed by atoms with van der Waals surface area (Å²) in [5.74, 6) is 0.560. The first kappa shape index (κ1) is 16.0. The van der Waals surface area contributed by atoms with Gasteiger partial charge in [-0.1, -0.05) is 0 Å². The molecule has 24 heavy (non-hydrogen) atoms. The van der Waals surface area contributed by atoms with Gasteiger partial charge in [-0.3, -0.25) is 0 Å². The fraction of sp³-hybridized carbons (Fsp3) is 0.312. The van der Waals surface area contributed by atoms with Gasteiger partial charge in [-0.2, -0.15) is 0 Å². The number of rotatable bonds is 3. The highest BCUT2D eigenvalue weighted by molar-refractivity contribution is 9.11. The van der Waals surface area contributed by atoms with E-state index in [1.54, 1.807) is 17.4 Å². The molecular formula is C16H14BrN3O2S2. The number of esters is 1. The summed E-state index contributed by atoms with van der Waals surface area (Å²) in [6.07, 6.45) is 4.54. The number of nitrogens with zero attached hydrogens (tertiary/aromatic N) is 2. The molecule has 0 saturated carbocycles. The molecule has 0 aliphatic heterocycles. The standard InChI is InChI=1S/C16H14BrN3O2S2/c17-11-6-5-10(23-11)16(21)22-7-12-19-14(18)13-8-3-1-2-4-9(8)24-15(13)20-12/h5-6H,1-4,7H2,(H2,18,19,20). The number of ether oxygens (including phenoxy) is 1. The van der Waals surface area contributed by atoms with Crippen molar-refractivity contribution in [2.75, 3.05) is 5.73 Å². The van der Waals surface area contributed by atoms with Crippen LogP contribution in [0.15, 0.2) is 15.9 Å². The summed E-state index contributed by atoms with van der Waals surface area (Å²) in [6.45, 7) is 0.0249. The molecule has 0 fully saturated rings. The van der Waals surface area contributed by atoms with E-state index in [1.807, 2.05) is 6.07 Å². The molecule has 3 aromatic rings. The fourth-order valence-corrected chi connectivity index (χ4v) is 5.49. The highest BCUT2D eigenvalue weighted by Crippen LogP contribution is 2.37. The highest BCUT2D eigenvalue weighted by atomic mass is 79.9. The lowest BCUT2D eigenvalue weighted by Crippen LogP contribution is -2.07. The number of thiophene rings is 2. The molecule has 0 unspecified atom stereocenters. The van der Waals surface area contributed by atoms with Crippen molar-refractivity contribution < 1.29 is 9.53 Å². The summed E-state index contributed by atoms with van der Waals surface area (Å²) in [6, 6.07) is 3.54. The Morgan fingerprint density at radius 1 is 1.25 bits per heavy atom. The Morgan fingerprint density at radius 3 is 2.88 bits per heavy atom. The number of aromatic nitrogens is 2. The van der Waals surface area contributed by atoms with E-state index in [1.165, 1.54) is 34.6 Å². The largest absolute Gasteiger partial charge is 0.453 e. The van der Waals surface area contributed by atoms with E-state index < -0.39 is 0 Å². The summed E-state index contributed by atoms with van der Waals surface area (Å²) in [7, 11) is 0. The van der Waals surface area contributed by atoms with Gasteiger partial charge in [0, 0.05) is 4.88 Å². The van der Waals surface area contributed by atoms with E-state index >= 15 is 0 Å². The smallest absolute Gasteiger partial charge is 0.348 e. The van der Waals surface area contributed by atoms with Crippen LogP contribution in [0, 0.1) is 0 Å². The zero-order valence-electron chi connectivity index (χ0n) is 12.7. The molecule has 0 atom stereocenters. The van der Waals surface area contributed by atoms with Crippen LogP contribution in [0.25, 0.3) is 10.2 Å². The van der Waals surface area contributed by atoms with Crippen molar-refractivity contribution in [2.45, 2.75) is 32.3 Å². The van der Waals surface area contributed by atoms with Gasteiger partial charge >= 0.3 is 5.97 Å². The second-order valence-corrected chi connectivity index (χ2v) is 9.14. The lowest BCUT2D eigenvalue weighted by molar-refractivity contribution is 0.0468. The number of halogens is 1. The van der Waals surface area contributed by atoms with Gasteiger partial charge in [0.05, 0.1) is 9.17 Å².